The minimum atomic E-state index is -0.331. The van der Waals surface area contributed by atoms with E-state index in [1.807, 2.05) is 0 Å². The predicted molar refractivity (Wildman–Crippen MR) is 140 cm³/mol. The average Bonchev–Trinajstić information content (AvgIpc) is 2.88. The molecule has 0 atom stereocenters. The van der Waals surface area contributed by atoms with Crippen molar-refractivity contribution in [3.05, 3.63) is 59.7 Å². The molecule has 0 saturated carbocycles. The van der Waals surface area contributed by atoms with Crippen molar-refractivity contribution in [2.24, 2.45) is 0 Å². The van der Waals surface area contributed by atoms with E-state index in [-0.39, 0.29) is 11.7 Å². The largest absolute Gasteiger partial charge is 0.504 e. The van der Waals surface area contributed by atoms with Gasteiger partial charge in [-0.15, -0.1) is 0 Å². The summed E-state index contributed by atoms with van der Waals surface area (Å²) >= 11 is 0. The summed E-state index contributed by atoms with van der Waals surface area (Å²) in [6, 6.07) is 12.5. The first-order chi connectivity index (χ1) is 17.4. The standard InChI is InChI=1S/C29H35NO6/c1-21(2)29(32)36-16-10-8-6-5-7-9-15-35-26-13-11-22(18-25(26)31)17-24(20-30)23-12-14-27(33-3)28(19-23)34-4/h11-14,17-19,31H,1,5-10,15-16H2,2-4H3/b24-17+. The van der Waals surface area contributed by atoms with E-state index >= 15 is 0 Å². The van der Waals surface area contributed by atoms with Crippen LogP contribution in [0, 0.1) is 11.3 Å². The summed E-state index contributed by atoms with van der Waals surface area (Å²) in [5.41, 5.74) is 2.22. The molecule has 0 aliphatic carbocycles. The lowest BCUT2D eigenvalue weighted by molar-refractivity contribution is -0.139. The highest BCUT2D eigenvalue weighted by molar-refractivity contribution is 5.90. The van der Waals surface area contributed by atoms with Gasteiger partial charge < -0.3 is 24.1 Å². The van der Waals surface area contributed by atoms with Gasteiger partial charge in [0, 0.05) is 5.57 Å². The monoisotopic (exact) mass is 493 g/mol. The van der Waals surface area contributed by atoms with E-state index < -0.39 is 0 Å². The number of hydrogen-bond acceptors (Lipinski definition) is 7. The van der Waals surface area contributed by atoms with Gasteiger partial charge in [-0.3, -0.25) is 0 Å². The number of nitriles is 1. The van der Waals surface area contributed by atoms with Crippen molar-refractivity contribution in [1.82, 2.24) is 0 Å². The first kappa shape index (κ1) is 28.3. The topological polar surface area (TPSA) is 98.0 Å². The van der Waals surface area contributed by atoms with Crippen LogP contribution in [-0.4, -0.2) is 38.5 Å². The normalized spacial score (nSPS) is 10.9. The Morgan fingerprint density at radius 1 is 0.944 bits per heavy atom. The van der Waals surface area contributed by atoms with Crippen LogP contribution < -0.4 is 14.2 Å². The molecule has 0 saturated heterocycles. The fourth-order valence-corrected chi connectivity index (χ4v) is 3.48. The van der Waals surface area contributed by atoms with Gasteiger partial charge in [0.1, 0.15) is 0 Å². The fourth-order valence-electron chi connectivity index (χ4n) is 3.48. The van der Waals surface area contributed by atoms with Crippen LogP contribution in [0.2, 0.25) is 0 Å². The lowest BCUT2D eigenvalue weighted by atomic mass is 10.0. The molecule has 7 heteroatoms. The van der Waals surface area contributed by atoms with Crippen LogP contribution in [0.4, 0.5) is 0 Å². The van der Waals surface area contributed by atoms with E-state index in [1.54, 1.807) is 63.6 Å². The lowest BCUT2D eigenvalue weighted by Crippen LogP contribution is -2.06. The highest BCUT2D eigenvalue weighted by atomic mass is 16.5. The van der Waals surface area contributed by atoms with E-state index in [0.29, 0.717) is 52.7 Å². The third-order valence-electron chi connectivity index (χ3n) is 5.49. The molecule has 0 radical (unpaired) electrons. The van der Waals surface area contributed by atoms with Gasteiger partial charge in [0.2, 0.25) is 0 Å². The zero-order valence-electron chi connectivity index (χ0n) is 21.3. The maximum Gasteiger partial charge on any atom is 0.333 e. The molecule has 1 N–H and O–H groups in total. The molecular weight excluding hydrogens is 458 g/mol. The number of carbonyl (C=O) groups excluding carboxylic acids is 1. The maximum absolute atomic E-state index is 11.3. The zero-order valence-corrected chi connectivity index (χ0v) is 21.3. The number of phenols is 1. The molecule has 7 nitrogen and oxygen atoms in total. The van der Waals surface area contributed by atoms with E-state index in [1.165, 1.54) is 0 Å². The highest BCUT2D eigenvalue weighted by Crippen LogP contribution is 2.32. The summed E-state index contributed by atoms with van der Waals surface area (Å²) < 4.78 is 21.4. The maximum atomic E-state index is 11.3. The third-order valence-corrected chi connectivity index (χ3v) is 5.49. The predicted octanol–water partition coefficient (Wildman–Crippen LogP) is 6.31. The van der Waals surface area contributed by atoms with Gasteiger partial charge in [0.25, 0.3) is 0 Å². The Bertz CT molecular complexity index is 1100. The van der Waals surface area contributed by atoms with Gasteiger partial charge in [-0.05, 0) is 67.3 Å². The van der Waals surface area contributed by atoms with Crippen molar-refractivity contribution in [2.45, 2.75) is 45.4 Å². The number of hydrogen-bond donors (Lipinski definition) is 1. The number of unbranched alkanes of at least 4 members (excludes halogenated alkanes) is 5. The second-order valence-corrected chi connectivity index (χ2v) is 8.35. The summed E-state index contributed by atoms with van der Waals surface area (Å²) in [6.07, 6.45) is 7.59. The van der Waals surface area contributed by atoms with Crippen LogP contribution >= 0.6 is 0 Å². The number of allylic oxidation sites excluding steroid dienone is 1. The molecule has 0 amide bonds. The van der Waals surface area contributed by atoms with Crippen LogP contribution in [0.1, 0.15) is 56.6 Å². The number of carbonyl (C=O) groups is 1. The number of phenolic OH excluding ortho intramolecular Hbond substituents is 1. The highest BCUT2D eigenvalue weighted by Gasteiger charge is 2.09. The summed E-state index contributed by atoms with van der Waals surface area (Å²) in [5, 5.41) is 20.0. The SMILES string of the molecule is C=C(C)C(=O)OCCCCCCCCOc1ccc(/C=C(\C#N)c2ccc(OC)c(OC)c2)cc1O. The molecule has 2 aromatic carbocycles. The second-order valence-electron chi connectivity index (χ2n) is 8.35. The second kappa shape index (κ2) is 15.2. The first-order valence-corrected chi connectivity index (χ1v) is 12.0. The van der Waals surface area contributed by atoms with Gasteiger partial charge in [-0.25, -0.2) is 4.79 Å². The summed E-state index contributed by atoms with van der Waals surface area (Å²) in [7, 11) is 3.10. The Kier molecular flexibility index (Phi) is 11.9. The van der Waals surface area contributed by atoms with Crippen molar-refractivity contribution >= 4 is 17.6 Å². The van der Waals surface area contributed by atoms with Crippen molar-refractivity contribution in [3.63, 3.8) is 0 Å². The molecule has 0 fully saturated rings. The van der Waals surface area contributed by atoms with Crippen molar-refractivity contribution in [3.8, 4) is 29.1 Å². The number of ether oxygens (including phenoxy) is 4. The van der Waals surface area contributed by atoms with Gasteiger partial charge in [0.05, 0.1) is 39.1 Å². The Morgan fingerprint density at radius 3 is 2.19 bits per heavy atom. The number of methoxy groups -OCH3 is 2. The quantitative estimate of drug-likeness (QED) is 0.102. The van der Waals surface area contributed by atoms with Crippen LogP contribution in [0.5, 0.6) is 23.0 Å². The molecule has 0 aromatic heterocycles. The van der Waals surface area contributed by atoms with Crippen LogP contribution in [0.15, 0.2) is 48.6 Å². The first-order valence-electron chi connectivity index (χ1n) is 12.0. The summed E-state index contributed by atoms with van der Waals surface area (Å²) in [5.74, 6) is 1.22. The number of aromatic hydroxyl groups is 1. The molecule has 0 heterocycles. The summed E-state index contributed by atoms with van der Waals surface area (Å²) in [6.45, 7) is 6.14. The molecule has 0 spiro atoms. The fraction of sp³-hybridized carbons (Fsp3) is 0.379. The molecule has 0 aliphatic heterocycles. The Morgan fingerprint density at radius 2 is 1.58 bits per heavy atom. The minimum absolute atomic E-state index is 0.0256. The van der Waals surface area contributed by atoms with Gasteiger partial charge >= 0.3 is 5.97 Å². The number of rotatable bonds is 15. The summed E-state index contributed by atoms with van der Waals surface area (Å²) in [4.78, 5) is 11.3. The van der Waals surface area contributed by atoms with Gasteiger partial charge in [-0.1, -0.05) is 38.3 Å². The van der Waals surface area contributed by atoms with Gasteiger partial charge in [-0.2, -0.15) is 5.26 Å². The Labute approximate surface area is 213 Å². The molecular formula is C29H35NO6. The van der Waals surface area contributed by atoms with Crippen LogP contribution in [0.25, 0.3) is 11.6 Å². The van der Waals surface area contributed by atoms with Crippen LogP contribution in [0.3, 0.4) is 0 Å². The number of nitrogens with zero attached hydrogens (tertiary/aromatic N) is 1. The Balaban J connectivity index is 1.79. The van der Waals surface area contributed by atoms with Crippen molar-refractivity contribution in [2.75, 3.05) is 27.4 Å². The molecule has 0 bridgehead atoms. The number of esters is 1. The van der Waals surface area contributed by atoms with Crippen molar-refractivity contribution in [1.29, 1.82) is 5.26 Å². The molecule has 192 valence electrons. The molecule has 2 aromatic rings. The molecule has 0 unspecified atom stereocenters. The minimum Gasteiger partial charge on any atom is -0.504 e. The zero-order chi connectivity index (χ0) is 26.3. The molecule has 36 heavy (non-hydrogen) atoms. The van der Waals surface area contributed by atoms with E-state index in [2.05, 4.69) is 12.6 Å². The van der Waals surface area contributed by atoms with E-state index in [4.69, 9.17) is 18.9 Å². The number of benzene rings is 2. The van der Waals surface area contributed by atoms with E-state index in [0.717, 1.165) is 38.5 Å². The third kappa shape index (κ3) is 9.03. The van der Waals surface area contributed by atoms with E-state index in [9.17, 15) is 15.2 Å². The lowest BCUT2D eigenvalue weighted by Gasteiger charge is -2.10. The van der Waals surface area contributed by atoms with Crippen LogP contribution in [-0.2, 0) is 9.53 Å². The Hall–Kier alpha value is -3.92. The van der Waals surface area contributed by atoms with Gasteiger partial charge in [0.15, 0.2) is 23.0 Å². The average molecular weight is 494 g/mol. The molecule has 2 rings (SSSR count). The van der Waals surface area contributed by atoms with Crippen molar-refractivity contribution < 1.29 is 28.8 Å². The smallest absolute Gasteiger partial charge is 0.333 e. The molecule has 0 aliphatic rings.